The number of halogens is 1. The number of hydrogen-bond donors (Lipinski definition) is 0. The molecule has 20 heavy (non-hydrogen) atoms. The first kappa shape index (κ1) is 15.1. The molecular weight excluding hydrogens is 292 g/mol. The number of thioether (sulfide) groups is 1. The Morgan fingerprint density at radius 3 is 2.30 bits per heavy atom. The molecule has 2 aromatic rings. The monoisotopic (exact) mass is 308 g/mol. The van der Waals surface area contributed by atoms with E-state index >= 15 is 0 Å². The third-order valence-corrected chi connectivity index (χ3v) is 3.52. The van der Waals surface area contributed by atoms with E-state index in [1.165, 1.54) is 17.3 Å². The smallest absolute Gasteiger partial charge is 0.224 e. The zero-order chi connectivity index (χ0) is 14.8. The fourth-order valence-electron chi connectivity index (χ4n) is 1.66. The molecule has 0 spiro atoms. The topological polar surface area (TPSA) is 35.0 Å². The van der Waals surface area contributed by atoms with Crippen molar-refractivity contribution >= 4 is 23.4 Å². The van der Waals surface area contributed by atoms with Crippen molar-refractivity contribution in [3.05, 3.63) is 41.0 Å². The van der Waals surface area contributed by atoms with Gasteiger partial charge in [-0.1, -0.05) is 56.3 Å². The van der Waals surface area contributed by atoms with Crippen LogP contribution < -0.4 is 4.74 Å². The van der Waals surface area contributed by atoms with Gasteiger partial charge in [0.1, 0.15) is 10.9 Å². The minimum Gasteiger partial charge on any atom is -0.439 e. The maximum absolute atomic E-state index is 5.94. The Bertz CT molecular complexity index is 594. The molecule has 106 valence electrons. The maximum atomic E-state index is 5.94. The van der Waals surface area contributed by atoms with Gasteiger partial charge in [-0.05, 0) is 29.4 Å². The van der Waals surface area contributed by atoms with Crippen molar-refractivity contribution < 1.29 is 4.74 Å². The van der Waals surface area contributed by atoms with Gasteiger partial charge in [-0.3, -0.25) is 0 Å². The summed E-state index contributed by atoms with van der Waals surface area (Å²) in [6.07, 6.45) is 1.90. The molecule has 0 atom stereocenters. The first-order valence-corrected chi connectivity index (χ1v) is 7.86. The van der Waals surface area contributed by atoms with Crippen molar-refractivity contribution in [2.24, 2.45) is 0 Å². The Morgan fingerprint density at radius 2 is 1.75 bits per heavy atom. The summed E-state index contributed by atoms with van der Waals surface area (Å²) in [5.74, 6) is 1.19. The predicted molar refractivity (Wildman–Crippen MR) is 84.0 cm³/mol. The highest BCUT2D eigenvalue weighted by Gasteiger charge is 2.13. The van der Waals surface area contributed by atoms with Crippen molar-refractivity contribution in [1.82, 2.24) is 9.97 Å². The molecule has 0 bridgehead atoms. The largest absolute Gasteiger partial charge is 0.439 e. The Morgan fingerprint density at radius 1 is 1.10 bits per heavy atom. The van der Waals surface area contributed by atoms with Crippen LogP contribution in [0.15, 0.2) is 35.5 Å². The molecule has 0 saturated carbocycles. The zero-order valence-corrected chi connectivity index (χ0v) is 13.5. The van der Waals surface area contributed by atoms with E-state index < -0.39 is 0 Å². The van der Waals surface area contributed by atoms with Gasteiger partial charge in [-0.15, -0.1) is 0 Å². The number of nitrogens with zero attached hydrogens (tertiary/aromatic N) is 2. The molecule has 0 aliphatic heterocycles. The van der Waals surface area contributed by atoms with E-state index in [1.807, 2.05) is 18.4 Å². The molecule has 1 aromatic heterocycles. The van der Waals surface area contributed by atoms with E-state index in [4.69, 9.17) is 16.3 Å². The lowest BCUT2D eigenvalue weighted by molar-refractivity contribution is 0.455. The maximum Gasteiger partial charge on any atom is 0.224 e. The summed E-state index contributed by atoms with van der Waals surface area (Å²) < 4.78 is 5.72. The van der Waals surface area contributed by atoms with E-state index in [1.54, 1.807) is 6.07 Å². The van der Waals surface area contributed by atoms with E-state index in [-0.39, 0.29) is 5.41 Å². The first-order valence-electron chi connectivity index (χ1n) is 6.25. The molecule has 1 heterocycles. The highest BCUT2D eigenvalue weighted by Crippen LogP contribution is 2.27. The van der Waals surface area contributed by atoms with Crippen LogP contribution in [0.25, 0.3) is 0 Å². The minimum atomic E-state index is 0.128. The van der Waals surface area contributed by atoms with Crippen LogP contribution in [0.5, 0.6) is 11.6 Å². The average Bonchev–Trinajstić information content (AvgIpc) is 2.37. The zero-order valence-electron chi connectivity index (χ0n) is 12.0. The number of hydrogen-bond acceptors (Lipinski definition) is 4. The molecule has 0 unspecified atom stereocenters. The fraction of sp³-hybridized carbons (Fsp3) is 0.333. The second-order valence-electron chi connectivity index (χ2n) is 5.39. The predicted octanol–water partition coefficient (Wildman–Crippen LogP) is 4.94. The van der Waals surface area contributed by atoms with Gasteiger partial charge in [0.05, 0.1) is 0 Å². The van der Waals surface area contributed by atoms with Crippen LogP contribution in [-0.4, -0.2) is 16.2 Å². The average molecular weight is 309 g/mol. The Hall–Kier alpha value is -1.26. The molecule has 3 nitrogen and oxygen atoms in total. The minimum absolute atomic E-state index is 0.128. The van der Waals surface area contributed by atoms with Gasteiger partial charge < -0.3 is 4.74 Å². The van der Waals surface area contributed by atoms with Crippen molar-refractivity contribution in [3.63, 3.8) is 0 Å². The van der Waals surface area contributed by atoms with Crippen LogP contribution in [0.4, 0.5) is 0 Å². The molecule has 0 fully saturated rings. The summed E-state index contributed by atoms with van der Waals surface area (Å²) in [6, 6.07) is 9.62. The van der Waals surface area contributed by atoms with Crippen LogP contribution in [0.1, 0.15) is 26.3 Å². The molecule has 0 N–H and O–H groups in total. The summed E-state index contributed by atoms with van der Waals surface area (Å²) >= 11 is 7.36. The summed E-state index contributed by atoms with van der Waals surface area (Å²) in [4.78, 5) is 8.34. The van der Waals surface area contributed by atoms with Gasteiger partial charge in [-0.25, -0.2) is 4.98 Å². The van der Waals surface area contributed by atoms with Gasteiger partial charge in [-0.2, -0.15) is 4.98 Å². The highest BCUT2D eigenvalue weighted by molar-refractivity contribution is 7.98. The molecule has 0 radical (unpaired) electrons. The van der Waals surface area contributed by atoms with Gasteiger partial charge in [0, 0.05) is 6.07 Å². The molecule has 5 heteroatoms. The second-order valence-corrected chi connectivity index (χ2v) is 6.55. The third-order valence-electron chi connectivity index (χ3n) is 2.78. The number of aromatic nitrogens is 2. The van der Waals surface area contributed by atoms with Crippen molar-refractivity contribution in [2.75, 3.05) is 6.26 Å². The summed E-state index contributed by atoms with van der Waals surface area (Å²) in [5.41, 5.74) is 1.39. The molecule has 1 aromatic carbocycles. The van der Waals surface area contributed by atoms with Gasteiger partial charge in [0.15, 0.2) is 5.16 Å². The number of rotatable bonds is 3. The Balaban J connectivity index is 2.20. The molecule has 2 rings (SSSR count). The normalized spacial score (nSPS) is 11.4. The van der Waals surface area contributed by atoms with Crippen molar-refractivity contribution in [3.8, 4) is 11.6 Å². The number of benzene rings is 1. The summed E-state index contributed by atoms with van der Waals surface area (Å²) in [7, 11) is 0. The molecule has 0 aliphatic rings. The van der Waals surface area contributed by atoms with Crippen LogP contribution in [0, 0.1) is 0 Å². The Kier molecular flexibility index (Phi) is 4.55. The lowest BCUT2D eigenvalue weighted by Gasteiger charge is -2.19. The van der Waals surface area contributed by atoms with E-state index in [2.05, 4.69) is 42.9 Å². The quantitative estimate of drug-likeness (QED) is 0.457. The van der Waals surface area contributed by atoms with Crippen molar-refractivity contribution in [1.29, 1.82) is 0 Å². The summed E-state index contributed by atoms with van der Waals surface area (Å²) in [5, 5.41) is 0.976. The van der Waals surface area contributed by atoms with Crippen LogP contribution in [0.2, 0.25) is 5.15 Å². The summed E-state index contributed by atoms with van der Waals surface area (Å²) in [6.45, 7) is 6.54. The lowest BCUT2D eigenvalue weighted by atomic mass is 9.87. The van der Waals surface area contributed by atoms with Crippen molar-refractivity contribution in [2.45, 2.75) is 31.3 Å². The lowest BCUT2D eigenvalue weighted by Crippen LogP contribution is -2.10. The van der Waals surface area contributed by atoms with Crippen LogP contribution >= 0.6 is 23.4 Å². The van der Waals surface area contributed by atoms with Crippen LogP contribution in [0.3, 0.4) is 0 Å². The van der Waals surface area contributed by atoms with Gasteiger partial charge in [0.25, 0.3) is 0 Å². The third kappa shape index (κ3) is 3.87. The highest BCUT2D eigenvalue weighted by atomic mass is 35.5. The fourth-order valence-corrected chi connectivity index (χ4v) is 2.26. The SMILES string of the molecule is CSc1nc(Cl)cc(Oc2ccc(C(C)(C)C)cc2)n1. The van der Waals surface area contributed by atoms with Gasteiger partial charge >= 0.3 is 0 Å². The second kappa shape index (κ2) is 6.02. The number of ether oxygens (including phenoxy) is 1. The first-order chi connectivity index (χ1) is 9.38. The van der Waals surface area contributed by atoms with Crippen LogP contribution in [-0.2, 0) is 5.41 Å². The Labute approximate surface area is 128 Å². The van der Waals surface area contributed by atoms with E-state index in [0.717, 1.165) is 5.75 Å². The van der Waals surface area contributed by atoms with E-state index in [9.17, 15) is 0 Å². The standard InChI is InChI=1S/C15H17ClN2OS/c1-15(2,3)10-5-7-11(8-6-10)19-13-9-12(16)17-14(18-13)20-4/h5-9H,1-4H3. The van der Waals surface area contributed by atoms with E-state index in [0.29, 0.717) is 16.2 Å². The van der Waals surface area contributed by atoms with Gasteiger partial charge in [0.2, 0.25) is 5.88 Å². The molecule has 0 saturated heterocycles. The molecule has 0 amide bonds. The molecular formula is C15H17ClN2OS. The molecule has 0 aliphatic carbocycles.